The third-order valence-electron chi connectivity index (χ3n) is 4.10. The number of aryl methyl sites for hydroxylation is 1. The predicted octanol–water partition coefficient (Wildman–Crippen LogP) is 3.27. The van der Waals surface area contributed by atoms with Gasteiger partial charge >= 0.3 is 0 Å². The number of amides is 1. The van der Waals surface area contributed by atoms with Gasteiger partial charge in [-0.25, -0.2) is 0 Å². The molecule has 108 valence electrons. The summed E-state index contributed by atoms with van der Waals surface area (Å²) in [6.45, 7) is 6.29. The summed E-state index contributed by atoms with van der Waals surface area (Å²) in [5, 5.41) is 2.87. The van der Waals surface area contributed by atoms with Crippen molar-refractivity contribution < 1.29 is 4.79 Å². The average Bonchev–Trinajstić information content (AvgIpc) is 2.88. The quantitative estimate of drug-likeness (QED) is 0.584. The maximum atomic E-state index is 12.2. The fraction of sp³-hybridized carbons (Fsp3) is 0.235. The summed E-state index contributed by atoms with van der Waals surface area (Å²) in [5.74, 6) is -0.0831. The van der Waals surface area contributed by atoms with Gasteiger partial charge in [0.2, 0.25) is 0 Å². The molecule has 1 aliphatic rings. The number of hydrogen-bond acceptors (Lipinski definition) is 2. The highest BCUT2D eigenvalue weighted by molar-refractivity contribution is 6.35. The lowest BCUT2D eigenvalue weighted by Gasteiger charge is -2.00. The molecule has 0 saturated heterocycles. The minimum Gasteiger partial charge on any atom is -0.399 e. The van der Waals surface area contributed by atoms with E-state index < -0.39 is 0 Å². The van der Waals surface area contributed by atoms with Gasteiger partial charge in [0.15, 0.2) is 0 Å². The lowest BCUT2D eigenvalue weighted by Crippen LogP contribution is -2.03. The number of H-pyrrole nitrogens is 1. The summed E-state index contributed by atoms with van der Waals surface area (Å²) in [4.78, 5) is 15.6. The van der Waals surface area contributed by atoms with Crippen LogP contribution >= 0.6 is 0 Å². The average molecular weight is 281 g/mol. The molecular weight excluding hydrogens is 262 g/mol. The van der Waals surface area contributed by atoms with Crippen LogP contribution in [0.1, 0.15) is 35.0 Å². The number of fused-ring (bicyclic) bond motifs is 1. The van der Waals surface area contributed by atoms with Crippen LogP contribution in [0.3, 0.4) is 0 Å². The monoisotopic (exact) mass is 281 g/mol. The van der Waals surface area contributed by atoms with Crippen LogP contribution in [0.15, 0.2) is 18.2 Å². The first-order valence-electron chi connectivity index (χ1n) is 7.12. The first-order valence-corrected chi connectivity index (χ1v) is 7.12. The standard InChI is InChI=1S/C17H19N3O/c1-4-12-9(2)16(19-10(12)3)8-14-13-7-11(18)5-6-15(13)20-17(14)21/h5-8,19H,4,18H2,1-3H3,(H,20,21). The number of hydrogen-bond donors (Lipinski definition) is 3. The normalized spacial score (nSPS) is 15.4. The van der Waals surface area contributed by atoms with E-state index in [-0.39, 0.29) is 5.91 Å². The molecule has 4 nitrogen and oxygen atoms in total. The third-order valence-corrected chi connectivity index (χ3v) is 4.10. The van der Waals surface area contributed by atoms with Crippen molar-refractivity contribution in [2.45, 2.75) is 27.2 Å². The van der Waals surface area contributed by atoms with E-state index in [9.17, 15) is 4.79 Å². The van der Waals surface area contributed by atoms with Crippen LogP contribution in [-0.2, 0) is 11.2 Å². The minimum absolute atomic E-state index is 0.0831. The first kappa shape index (κ1) is 13.5. The van der Waals surface area contributed by atoms with E-state index in [1.807, 2.05) is 18.2 Å². The molecule has 1 aliphatic heterocycles. The van der Waals surface area contributed by atoms with E-state index in [0.29, 0.717) is 11.3 Å². The van der Waals surface area contributed by atoms with Gasteiger partial charge in [0.05, 0.1) is 5.57 Å². The Kier molecular flexibility index (Phi) is 3.09. The third kappa shape index (κ3) is 2.13. The van der Waals surface area contributed by atoms with Gasteiger partial charge in [-0.2, -0.15) is 0 Å². The number of aromatic amines is 1. The van der Waals surface area contributed by atoms with Crippen molar-refractivity contribution in [2.24, 2.45) is 0 Å². The van der Waals surface area contributed by atoms with Gasteiger partial charge in [0.25, 0.3) is 5.91 Å². The van der Waals surface area contributed by atoms with Crippen molar-refractivity contribution in [3.63, 3.8) is 0 Å². The topological polar surface area (TPSA) is 70.9 Å². The Labute approximate surface area is 124 Å². The van der Waals surface area contributed by atoms with Crippen molar-refractivity contribution >= 4 is 28.9 Å². The summed E-state index contributed by atoms with van der Waals surface area (Å²) < 4.78 is 0. The number of nitrogen functional groups attached to an aromatic ring is 1. The largest absolute Gasteiger partial charge is 0.399 e. The summed E-state index contributed by atoms with van der Waals surface area (Å²) in [6.07, 6.45) is 2.90. The Bertz CT molecular complexity index is 769. The zero-order valence-corrected chi connectivity index (χ0v) is 12.5. The zero-order valence-electron chi connectivity index (χ0n) is 12.5. The number of anilines is 2. The van der Waals surface area contributed by atoms with E-state index in [1.54, 1.807) is 6.07 Å². The van der Waals surface area contributed by atoms with E-state index in [1.165, 1.54) is 11.1 Å². The van der Waals surface area contributed by atoms with Crippen molar-refractivity contribution in [2.75, 3.05) is 11.1 Å². The van der Waals surface area contributed by atoms with E-state index in [2.05, 4.69) is 31.1 Å². The van der Waals surface area contributed by atoms with Crippen molar-refractivity contribution in [3.05, 3.63) is 46.3 Å². The molecule has 0 bridgehead atoms. The summed E-state index contributed by atoms with van der Waals surface area (Å²) >= 11 is 0. The molecule has 0 aliphatic carbocycles. The van der Waals surface area contributed by atoms with E-state index in [4.69, 9.17) is 5.73 Å². The van der Waals surface area contributed by atoms with Gasteiger partial charge in [-0.3, -0.25) is 4.79 Å². The molecule has 4 N–H and O–H groups in total. The smallest absolute Gasteiger partial charge is 0.256 e. The van der Waals surface area contributed by atoms with Gasteiger partial charge in [0, 0.05) is 28.3 Å². The fourth-order valence-corrected chi connectivity index (χ4v) is 2.98. The second kappa shape index (κ2) is 4.81. The number of carbonyl (C=O) groups is 1. The second-order valence-electron chi connectivity index (χ2n) is 5.44. The van der Waals surface area contributed by atoms with Crippen LogP contribution in [0.2, 0.25) is 0 Å². The SMILES string of the molecule is CCc1c(C)[nH]c(C=C2C(=O)Nc3ccc(N)cc32)c1C. The van der Waals surface area contributed by atoms with Crippen molar-refractivity contribution in [3.8, 4) is 0 Å². The highest BCUT2D eigenvalue weighted by atomic mass is 16.2. The van der Waals surface area contributed by atoms with Gasteiger partial charge in [0.1, 0.15) is 0 Å². The summed E-state index contributed by atoms with van der Waals surface area (Å²) in [7, 11) is 0. The van der Waals surface area contributed by atoms with E-state index in [0.717, 1.165) is 29.1 Å². The Morgan fingerprint density at radius 2 is 2.05 bits per heavy atom. The number of nitrogens with one attached hydrogen (secondary N) is 2. The van der Waals surface area contributed by atoms with Crippen LogP contribution < -0.4 is 11.1 Å². The molecule has 0 fully saturated rings. The lowest BCUT2D eigenvalue weighted by atomic mass is 10.0. The Morgan fingerprint density at radius 1 is 1.29 bits per heavy atom. The number of benzene rings is 1. The maximum absolute atomic E-state index is 12.2. The van der Waals surface area contributed by atoms with Crippen LogP contribution in [0.4, 0.5) is 11.4 Å². The molecule has 0 atom stereocenters. The van der Waals surface area contributed by atoms with Crippen LogP contribution in [-0.4, -0.2) is 10.9 Å². The summed E-state index contributed by atoms with van der Waals surface area (Å²) in [6, 6.07) is 5.47. The molecule has 2 aromatic rings. The Morgan fingerprint density at radius 3 is 2.71 bits per heavy atom. The van der Waals surface area contributed by atoms with Gasteiger partial charge in [-0.05, 0) is 55.7 Å². The van der Waals surface area contributed by atoms with Gasteiger partial charge in [-0.15, -0.1) is 0 Å². The predicted molar refractivity (Wildman–Crippen MR) is 87.0 cm³/mol. The molecule has 1 amide bonds. The van der Waals surface area contributed by atoms with Crippen LogP contribution in [0, 0.1) is 13.8 Å². The number of carbonyl (C=O) groups excluding carboxylic acids is 1. The number of nitrogens with two attached hydrogens (primary N) is 1. The van der Waals surface area contributed by atoms with Crippen LogP contribution in [0.25, 0.3) is 11.6 Å². The fourth-order valence-electron chi connectivity index (χ4n) is 2.98. The molecular formula is C17H19N3O. The second-order valence-corrected chi connectivity index (χ2v) is 5.44. The highest BCUT2D eigenvalue weighted by Crippen LogP contribution is 2.35. The maximum Gasteiger partial charge on any atom is 0.256 e. The summed E-state index contributed by atoms with van der Waals surface area (Å²) in [5.41, 5.74) is 13.5. The molecule has 1 aromatic heterocycles. The molecule has 3 rings (SSSR count). The molecule has 1 aromatic carbocycles. The Hall–Kier alpha value is -2.49. The molecule has 0 radical (unpaired) electrons. The molecule has 0 unspecified atom stereocenters. The molecule has 0 spiro atoms. The molecule has 4 heteroatoms. The molecule has 0 saturated carbocycles. The molecule has 21 heavy (non-hydrogen) atoms. The van der Waals surface area contributed by atoms with Gasteiger partial charge < -0.3 is 16.0 Å². The zero-order chi connectivity index (χ0) is 15.1. The lowest BCUT2D eigenvalue weighted by molar-refractivity contribution is -0.110. The Balaban J connectivity index is 2.13. The number of aromatic nitrogens is 1. The highest BCUT2D eigenvalue weighted by Gasteiger charge is 2.24. The van der Waals surface area contributed by atoms with Crippen LogP contribution in [0.5, 0.6) is 0 Å². The minimum atomic E-state index is -0.0831. The number of rotatable bonds is 2. The first-order chi connectivity index (χ1) is 10.0. The van der Waals surface area contributed by atoms with E-state index >= 15 is 0 Å². The van der Waals surface area contributed by atoms with Crippen molar-refractivity contribution in [1.29, 1.82) is 0 Å². The van der Waals surface area contributed by atoms with Crippen molar-refractivity contribution in [1.82, 2.24) is 4.98 Å². The molecule has 2 heterocycles. The van der Waals surface area contributed by atoms with Gasteiger partial charge in [-0.1, -0.05) is 6.92 Å².